The van der Waals surface area contributed by atoms with E-state index in [-0.39, 0.29) is 30.4 Å². The summed E-state index contributed by atoms with van der Waals surface area (Å²) in [6.07, 6.45) is 0. The van der Waals surface area contributed by atoms with Crippen LogP contribution in [0.25, 0.3) is 0 Å². The summed E-state index contributed by atoms with van der Waals surface area (Å²) >= 11 is 6.30. The maximum absolute atomic E-state index is 12.6. The van der Waals surface area contributed by atoms with Gasteiger partial charge in [0.2, 0.25) is 5.88 Å². The van der Waals surface area contributed by atoms with Crippen LogP contribution in [0.1, 0.15) is 40.7 Å². The topological polar surface area (TPSA) is 113 Å². The number of ether oxygens (including phenoxy) is 5. The summed E-state index contributed by atoms with van der Waals surface area (Å²) in [6, 6.07) is 25.8. The lowest BCUT2D eigenvalue weighted by atomic mass is 9.83. The Labute approximate surface area is 261 Å². The van der Waals surface area contributed by atoms with Crippen molar-refractivity contribution in [2.45, 2.75) is 33.3 Å². The number of benzene rings is 4. The fourth-order valence-electron chi connectivity index (χ4n) is 5.02. The highest BCUT2D eigenvalue weighted by Crippen LogP contribution is 2.45. The molecule has 5 rings (SSSR count). The molecule has 1 unspecified atom stereocenters. The number of carbonyl (C=O) groups excluding carboxylic acids is 1. The molecule has 8 nitrogen and oxygen atoms in total. The highest BCUT2D eigenvalue weighted by Gasteiger charge is 2.32. The van der Waals surface area contributed by atoms with Gasteiger partial charge in [0.25, 0.3) is 0 Å². The number of esters is 1. The second-order valence-electron chi connectivity index (χ2n) is 10.2. The van der Waals surface area contributed by atoms with Crippen molar-refractivity contribution in [1.82, 2.24) is 0 Å². The van der Waals surface area contributed by atoms with E-state index in [1.807, 2.05) is 75.4 Å². The number of allylic oxidation sites excluding steroid dienone is 1. The van der Waals surface area contributed by atoms with E-state index in [1.54, 1.807) is 24.3 Å². The maximum Gasteiger partial charge on any atom is 0.349 e. The van der Waals surface area contributed by atoms with Crippen molar-refractivity contribution in [2.24, 2.45) is 5.73 Å². The summed E-state index contributed by atoms with van der Waals surface area (Å²) in [6.45, 7) is 6.18. The van der Waals surface area contributed by atoms with Crippen LogP contribution in [0.2, 0.25) is 5.02 Å². The molecule has 0 saturated heterocycles. The molecule has 224 valence electrons. The largest absolute Gasteiger partial charge is 0.490 e. The Morgan fingerprint density at radius 3 is 2.43 bits per heavy atom. The molecule has 2 N–H and O–H groups in total. The van der Waals surface area contributed by atoms with Crippen LogP contribution >= 0.6 is 11.6 Å². The molecule has 44 heavy (non-hydrogen) atoms. The van der Waals surface area contributed by atoms with Gasteiger partial charge in [-0.05, 0) is 73.9 Å². The van der Waals surface area contributed by atoms with Crippen LogP contribution in [-0.2, 0) is 11.4 Å². The summed E-state index contributed by atoms with van der Waals surface area (Å²) in [5.41, 5.74) is 10.8. The average molecular weight is 611 g/mol. The Balaban J connectivity index is 1.37. The van der Waals surface area contributed by atoms with Crippen molar-refractivity contribution < 1.29 is 28.5 Å². The van der Waals surface area contributed by atoms with Gasteiger partial charge >= 0.3 is 5.97 Å². The minimum absolute atomic E-state index is 0.0383. The van der Waals surface area contributed by atoms with Gasteiger partial charge in [-0.2, -0.15) is 5.26 Å². The quantitative estimate of drug-likeness (QED) is 0.149. The predicted molar refractivity (Wildman–Crippen MR) is 166 cm³/mol. The first-order valence-corrected chi connectivity index (χ1v) is 14.4. The summed E-state index contributed by atoms with van der Waals surface area (Å²) in [5.74, 6) is 1.07. The number of nitriles is 1. The molecule has 0 aromatic heterocycles. The predicted octanol–water partition coefficient (Wildman–Crippen LogP) is 7.14. The minimum Gasteiger partial charge on any atom is -0.490 e. The Morgan fingerprint density at radius 2 is 1.70 bits per heavy atom. The van der Waals surface area contributed by atoms with Crippen LogP contribution in [0, 0.1) is 25.2 Å². The van der Waals surface area contributed by atoms with Crippen LogP contribution < -0.4 is 29.4 Å². The highest BCUT2D eigenvalue weighted by atomic mass is 35.5. The number of halogens is 1. The number of hydrogen-bond acceptors (Lipinski definition) is 8. The van der Waals surface area contributed by atoms with E-state index in [4.69, 9.17) is 41.0 Å². The van der Waals surface area contributed by atoms with Gasteiger partial charge in [-0.1, -0.05) is 48.0 Å². The number of carbonyl (C=O) groups is 1. The first-order chi connectivity index (χ1) is 21.2. The van der Waals surface area contributed by atoms with Gasteiger partial charge in [0.1, 0.15) is 35.5 Å². The van der Waals surface area contributed by atoms with E-state index in [0.29, 0.717) is 40.2 Å². The first kappa shape index (κ1) is 30.3. The van der Waals surface area contributed by atoms with Gasteiger partial charge in [-0.15, -0.1) is 0 Å². The Hall–Kier alpha value is -5.13. The summed E-state index contributed by atoms with van der Waals surface area (Å²) in [4.78, 5) is 12.6. The molecule has 0 aliphatic carbocycles. The highest BCUT2D eigenvalue weighted by molar-refractivity contribution is 6.31. The summed E-state index contributed by atoms with van der Waals surface area (Å²) in [7, 11) is 0. The zero-order valence-electron chi connectivity index (χ0n) is 24.6. The van der Waals surface area contributed by atoms with Gasteiger partial charge in [0.05, 0.1) is 12.5 Å². The minimum atomic E-state index is -0.577. The molecule has 0 spiro atoms. The molecule has 1 heterocycles. The van der Waals surface area contributed by atoms with Crippen molar-refractivity contribution in [1.29, 1.82) is 5.26 Å². The van der Waals surface area contributed by atoms with Gasteiger partial charge in [0, 0.05) is 22.2 Å². The summed E-state index contributed by atoms with van der Waals surface area (Å²) in [5, 5.41) is 10.6. The molecule has 0 amide bonds. The standard InChI is InChI=1S/C35H31ClN2O6/c1-4-40-32-16-23(9-12-30(32)42-19-24-7-5-6-8-29(24)36)34-27-11-10-25(17-31(27)44-35(38)28(34)18-37)43-33(39)20-41-26-14-21(2)13-22(3)15-26/h5-17,34H,4,19-20,38H2,1-3H3. The SMILES string of the molecule is CCOc1cc(C2C(C#N)=C(N)Oc3cc(OC(=O)COc4cc(C)cc(C)c4)ccc32)ccc1OCc1ccccc1Cl. The van der Waals surface area contributed by atoms with E-state index < -0.39 is 11.9 Å². The number of aryl methyl sites for hydroxylation is 2. The van der Waals surface area contributed by atoms with Gasteiger partial charge < -0.3 is 29.4 Å². The zero-order valence-corrected chi connectivity index (χ0v) is 25.3. The lowest BCUT2D eigenvalue weighted by Crippen LogP contribution is -2.22. The van der Waals surface area contributed by atoms with E-state index in [1.165, 1.54) is 0 Å². The van der Waals surface area contributed by atoms with Crippen LogP contribution in [-0.4, -0.2) is 19.2 Å². The lowest BCUT2D eigenvalue weighted by molar-refractivity contribution is -0.136. The van der Waals surface area contributed by atoms with Crippen molar-refractivity contribution in [3.05, 3.63) is 123 Å². The van der Waals surface area contributed by atoms with Gasteiger partial charge in [-0.3, -0.25) is 0 Å². The number of hydrogen-bond donors (Lipinski definition) is 1. The van der Waals surface area contributed by atoms with Crippen LogP contribution in [0.15, 0.2) is 90.3 Å². The van der Waals surface area contributed by atoms with Crippen molar-refractivity contribution >= 4 is 17.6 Å². The second kappa shape index (κ2) is 13.4. The molecule has 0 saturated carbocycles. The van der Waals surface area contributed by atoms with Crippen LogP contribution in [0.5, 0.6) is 28.7 Å². The molecular weight excluding hydrogens is 580 g/mol. The van der Waals surface area contributed by atoms with Crippen LogP contribution in [0.4, 0.5) is 0 Å². The number of fused-ring (bicyclic) bond motifs is 1. The summed E-state index contributed by atoms with van der Waals surface area (Å²) < 4.78 is 28.9. The van der Waals surface area contributed by atoms with Crippen molar-refractivity contribution in [3.63, 3.8) is 0 Å². The number of nitrogens with two attached hydrogens (primary N) is 1. The third-order valence-corrected chi connectivity index (χ3v) is 7.28. The zero-order chi connectivity index (χ0) is 31.2. The fraction of sp³-hybridized carbons (Fsp3) is 0.200. The Morgan fingerprint density at radius 1 is 0.932 bits per heavy atom. The molecular formula is C35H31ClN2O6. The van der Waals surface area contributed by atoms with Crippen LogP contribution in [0.3, 0.4) is 0 Å². The maximum atomic E-state index is 12.6. The van der Waals surface area contributed by atoms with E-state index in [9.17, 15) is 10.1 Å². The van der Waals surface area contributed by atoms with E-state index in [0.717, 1.165) is 22.3 Å². The normalized spacial score (nSPS) is 13.8. The molecule has 0 radical (unpaired) electrons. The molecule has 4 aromatic rings. The molecule has 0 fully saturated rings. The van der Waals surface area contributed by atoms with E-state index in [2.05, 4.69) is 6.07 Å². The first-order valence-electron chi connectivity index (χ1n) is 14.0. The number of rotatable bonds is 10. The Kier molecular flexibility index (Phi) is 9.27. The van der Waals surface area contributed by atoms with E-state index >= 15 is 0 Å². The average Bonchev–Trinajstić information content (AvgIpc) is 2.99. The van der Waals surface area contributed by atoms with Gasteiger partial charge in [0.15, 0.2) is 18.1 Å². The molecule has 1 aliphatic rings. The lowest BCUT2D eigenvalue weighted by Gasteiger charge is -2.27. The third kappa shape index (κ3) is 6.91. The molecule has 0 bridgehead atoms. The molecule has 1 atom stereocenters. The fourth-order valence-corrected chi connectivity index (χ4v) is 5.21. The molecule has 1 aliphatic heterocycles. The van der Waals surface area contributed by atoms with Gasteiger partial charge in [-0.25, -0.2) is 4.79 Å². The third-order valence-electron chi connectivity index (χ3n) is 6.92. The van der Waals surface area contributed by atoms with Crippen molar-refractivity contribution in [3.8, 4) is 34.8 Å². The number of nitrogens with zero attached hydrogens (tertiary/aromatic N) is 1. The monoisotopic (exact) mass is 610 g/mol. The second-order valence-corrected chi connectivity index (χ2v) is 10.6. The smallest absolute Gasteiger partial charge is 0.349 e. The molecule has 9 heteroatoms. The molecule has 4 aromatic carbocycles. The Bertz CT molecular complexity index is 1760. The van der Waals surface area contributed by atoms with Crippen molar-refractivity contribution in [2.75, 3.05) is 13.2 Å².